The molecule has 0 bridgehead atoms. The minimum atomic E-state index is -3.56. The van der Waals surface area contributed by atoms with Crippen molar-refractivity contribution in [3.8, 4) is 0 Å². The van der Waals surface area contributed by atoms with Crippen molar-refractivity contribution in [1.29, 1.82) is 0 Å². The molecule has 7 nitrogen and oxygen atoms in total. The van der Waals surface area contributed by atoms with Crippen LogP contribution in [0.1, 0.15) is 69.2 Å². The fraction of sp³-hybridized carbons (Fsp3) is 0.700. The number of thiol groups is 1. The maximum atomic E-state index is 13.2. The van der Waals surface area contributed by atoms with Crippen molar-refractivity contribution >= 4 is 57.3 Å². The van der Waals surface area contributed by atoms with E-state index in [9.17, 15) is 13.8 Å². The summed E-state index contributed by atoms with van der Waals surface area (Å²) in [5.41, 5.74) is 10.2. The van der Waals surface area contributed by atoms with Crippen molar-refractivity contribution in [3.63, 3.8) is 0 Å². The molecular weight excluding hydrogens is 476 g/mol. The highest BCUT2D eigenvalue weighted by atomic mass is 35.5. The molecule has 11 heteroatoms. The summed E-state index contributed by atoms with van der Waals surface area (Å²) in [5.74, 6) is -1.27. The molecule has 1 heterocycles. The third-order valence-corrected chi connectivity index (χ3v) is 6.49. The van der Waals surface area contributed by atoms with E-state index in [4.69, 9.17) is 23.1 Å². The highest BCUT2D eigenvalue weighted by Gasteiger charge is 2.29. The number of amides is 2. The SMILES string of the molecule is C.CC.CC.CC(C)C[C@H](N)C(=O)N=S(=O)(NC(=O)C(C)(C)N)c1cc(Cl)cs1.CS. The molecule has 2 amide bonds. The number of hydrogen-bond acceptors (Lipinski definition) is 7. The number of rotatable bonds is 6. The largest absolute Gasteiger partial charge is 0.320 e. The Balaban J connectivity index is -0.000000477. The average Bonchev–Trinajstić information content (AvgIpc) is 3.12. The summed E-state index contributed by atoms with van der Waals surface area (Å²) >= 11 is 10.4. The summed E-state index contributed by atoms with van der Waals surface area (Å²) < 4.78 is 19.3. The molecule has 0 aliphatic rings. The molecule has 0 radical (unpaired) electrons. The van der Waals surface area contributed by atoms with Gasteiger partial charge >= 0.3 is 0 Å². The second-order valence-electron chi connectivity index (χ2n) is 6.43. The van der Waals surface area contributed by atoms with Gasteiger partial charge in [0.05, 0.1) is 16.6 Å². The maximum Gasteiger partial charge on any atom is 0.272 e. The van der Waals surface area contributed by atoms with Gasteiger partial charge in [-0.3, -0.25) is 14.3 Å². The predicted molar refractivity (Wildman–Crippen MR) is 141 cm³/mol. The van der Waals surface area contributed by atoms with Crippen LogP contribution in [0.5, 0.6) is 0 Å². The number of halogens is 1. The molecule has 0 fully saturated rings. The monoisotopic (exact) mass is 518 g/mol. The topological polar surface area (TPSA) is 128 Å². The molecule has 0 aliphatic heterocycles. The van der Waals surface area contributed by atoms with Crippen LogP contribution in [-0.2, 0) is 19.5 Å². The second kappa shape index (κ2) is 18.9. The lowest BCUT2D eigenvalue weighted by Gasteiger charge is -2.19. The van der Waals surface area contributed by atoms with Crippen molar-refractivity contribution in [2.75, 3.05) is 6.26 Å². The Morgan fingerprint density at radius 2 is 1.71 bits per heavy atom. The lowest BCUT2D eigenvalue weighted by atomic mass is 10.0. The molecule has 186 valence electrons. The number of nitrogens with zero attached hydrogens (tertiary/aromatic N) is 1. The van der Waals surface area contributed by atoms with Crippen LogP contribution in [0.3, 0.4) is 0 Å². The summed E-state index contributed by atoms with van der Waals surface area (Å²) in [4.78, 5) is 24.4. The highest BCUT2D eigenvalue weighted by molar-refractivity contribution is 7.94. The van der Waals surface area contributed by atoms with Gasteiger partial charge in [-0.05, 0) is 38.5 Å². The second-order valence-corrected chi connectivity index (χ2v) is 9.91. The van der Waals surface area contributed by atoms with E-state index in [0.29, 0.717) is 11.4 Å². The summed E-state index contributed by atoms with van der Waals surface area (Å²) in [6, 6.07) is 0.493. The van der Waals surface area contributed by atoms with Gasteiger partial charge in [-0.15, -0.1) is 15.7 Å². The molecule has 0 aromatic carbocycles. The molecule has 1 rings (SSSR count). The van der Waals surface area contributed by atoms with E-state index in [1.165, 1.54) is 25.3 Å². The smallest absolute Gasteiger partial charge is 0.272 e. The summed E-state index contributed by atoms with van der Waals surface area (Å²) in [5, 5.41) is 1.86. The molecule has 2 atom stereocenters. The van der Waals surface area contributed by atoms with Crippen LogP contribution in [-0.4, -0.2) is 33.9 Å². The van der Waals surface area contributed by atoms with E-state index >= 15 is 0 Å². The number of nitrogens with one attached hydrogen (secondary N) is 1. The Hall–Kier alpha value is -0.650. The fourth-order valence-corrected chi connectivity index (χ4v) is 4.81. The van der Waals surface area contributed by atoms with Crippen molar-refractivity contribution < 1.29 is 13.8 Å². The standard InChI is InChI=1S/C14H23ClN4O3S2.2C2H6.CH4S.CH4/c1-8(2)5-10(16)12(20)18-24(22,11-6-9(15)7-23-11)19-13(21)14(3,4)17;3*1-2;/h6-8,10H,5,16-17H2,1-4H3,(H,18,19,20,21,22);2*1-2H3;2H,1H3;1H4/t10-,24?;;;;/m0..../s1. The lowest BCUT2D eigenvalue weighted by molar-refractivity contribution is -0.123. The van der Waals surface area contributed by atoms with E-state index in [1.807, 2.05) is 41.5 Å². The molecule has 0 aliphatic carbocycles. The quantitative estimate of drug-likeness (QED) is 0.388. The number of hydrogen-bond donors (Lipinski definition) is 4. The van der Waals surface area contributed by atoms with E-state index in [-0.39, 0.29) is 17.6 Å². The molecule has 0 spiro atoms. The van der Waals surface area contributed by atoms with E-state index < -0.39 is 33.3 Å². The van der Waals surface area contributed by atoms with Gasteiger partial charge in [0.25, 0.3) is 11.8 Å². The zero-order valence-corrected chi connectivity index (χ0v) is 22.8. The first-order valence-electron chi connectivity index (χ1n) is 9.71. The number of carbonyl (C=O) groups excluding carboxylic acids is 2. The molecule has 1 unspecified atom stereocenters. The molecular formula is C20H43ClN4O3S3. The lowest BCUT2D eigenvalue weighted by Crippen LogP contribution is -2.50. The molecule has 31 heavy (non-hydrogen) atoms. The molecule has 1 aromatic rings. The van der Waals surface area contributed by atoms with Crippen molar-refractivity contribution in [3.05, 3.63) is 16.5 Å². The third-order valence-electron chi connectivity index (χ3n) is 2.89. The minimum Gasteiger partial charge on any atom is -0.320 e. The summed E-state index contributed by atoms with van der Waals surface area (Å²) in [6.07, 6.45) is 2.08. The maximum absolute atomic E-state index is 13.2. The fourth-order valence-electron chi connectivity index (χ4n) is 1.62. The van der Waals surface area contributed by atoms with Crippen molar-refractivity contribution in [1.82, 2.24) is 4.72 Å². The average molecular weight is 519 g/mol. The third kappa shape index (κ3) is 14.9. The Kier molecular flexibility index (Phi) is 22.9. The van der Waals surface area contributed by atoms with Gasteiger partial charge < -0.3 is 11.5 Å². The first-order valence-corrected chi connectivity index (χ1v) is 13.4. The van der Waals surface area contributed by atoms with E-state index in [2.05, 4.69) is 21.7 Å². The predicted octanol–water partition coefficient (Wildman–Crippen LogP) is 5.13. The van der Waals surface area contributed by atoms with Gasteiger partial charge in [0.1, 0.15) is 4.21 Å². The Morgan fingerprint density at radius 1 is 1.26 bits per heavy atom. The highest BCUT2D eigenvalue weighted by Crippen LogP contribution is 2.25. The van der Waals surface area contributed by atoms with E-state index in [0.717, 1.165) is 11.3 Å². The molecule has 5 N–H and O–H groups in total. The first kappa shape index (κ1) is 37.7. The summed E-state index contributed by atoms with van der Waals surface area (Å²) in [6.45, 7) is 14.7. The Morgan fingerprint density at radius 3 is 2.03 bits per heavy atom. The summed E-state index contributed by atoms with van der Waals surface area (Å²) in [7, 11) is -3.56. The number of carbonyl (C=O) groups is 2. The Labute approximate surface area is 204 Å². The van der Waals surface area contributed by atoms with Crippen LogP contribution in [0.15, 0.2) is 20.0 Å². The van der Waals surface area contributed by atoms with Crippen molar-refractivity contribution in [2.24, 2.45) is 21.7 Å². The Bertz CT molecular complexity index is 738. The normalized spacial score (nSPS) is 12.7. The van der Waals surface area contributed by atoms with Gasteiger partial charge in [0.2, 0.25) is 0 Å². The number of nitrogens with two attached hydrogens (primary N) is 2. The number of thiophene rings is 1. The van der Waals surface area contributed by atoms with Crippen LogP contribution in [0.4, 0.5) is 0 Å². The van der Waals surface area contributed by atoms with Gasteiger partial charge in [-0.25, -0.2) is 4.21 Å². The van der Waals surface area contributed by atoms with Crippen LogP contribution < -0.4 is 16.2 Å². The molecule has 1 aromatic heterocycles. The molecule has 0 saturated heterocycles. The minimum absolute atomic E-state index is 0. The van der Waals surface area contributed by atoms with Gasteiger partial charge in [-0.1, -0.05) is 60.6 Å². The van der Waals surface area contributed by atoms with Gasteiger partial charge in [0.15, 0.2) is 9.92 Å². The first-order chi connectivity index (χ1) is 13.8. The zero-order chi connectivity index (χ0) is 24.7. The van der Waals surface area contributed by atoms with Gasteiger partial charge in [0, 0.05) is 5.38 Å². The zero-order valence-electron chi connectivity index (χ0n) is 19.5. The molecule has 0 saturated carbocycles. The van der Waals surface area contributed by atoms with Crippen molar-refractivity contribution in [2.45, 2.75) is 85.0 Å². The van der Waals surface area contributed by atoms with Crippen LogP contribution in [0.25, 0.3) is 0 Å². The van der Waals surface area contributed by atoms with Crippen LogP contribution in [0, 0.1) is 5.92 Å². The van der Waals surface area contributed by atoms with Crippen LogP contribution in [0.2, 0.25) is 5.02 Å². The van der Waals surface area contributed by atoms with Gasteiger partial charge in [-0.2, -0.15) is 12.6 Å². The van der Waals surface area contributed by atoms with Crippen LogP contribution >= 0.6 is 35.6 Å². The van der Waals surface area contributed by atoms with E-state index in [1.54, 1.807) is 6.26 Å².